The largest absolute Gasteiger partial charge is 0.484 e. The molecule has 0 aliphatic rings. The highest BCUT2D eigenvalue weighted by atomic mass is 32.1. The van der Waals surface area contributed by atoms with Crippen LogP contribution in [0.15, 0.2) is 18.2 Å². The number of carbonyl (C=O) groups is 2. The Morgan fingerprint density at radius 2 is 1.93 bits per heavy atom. The van der Waals surface area contributed by atoms with Crippen LogP contribution < -0.4 is 10.1 Å². The molecule has 1 aromatic heterocycles. The fourth-order valence-corrected chi connectivity index (χ4v) is 2.90. The van der Waals surface area contributed by atoms with Gasteiger partial charge in [-0.2, -0.15) is 13.2 Å². The summed E-state index contributed by atoms with van der Waals surface area (Å²) in [5.74, 6) is -0.433. The first-order valence-corrected chi connectivity index (χ1v) is 8.98. The van der Waals surface area contributed by atoms with Crippen LogP contribution in [0.4, 0.5) is 23.1 Å². The number of benzene rings is 1. The summed E-state index contributed by atoms with van der Waals surface area (Å²) in [5.41, 5.74) is -0.180. The lowest BCUT2D eigenvalue weighted by Gasteiger charge is -2.24. The van der Waals surface area contributed by atoms with Crippen molar-refractivity contribution in [1.29, 1.82) is 0 Å². The Balaban J connectivity index is 1.98. The monoisotopic (exact) mass is 419 g/mol. The van der Waals surface area contributed by atoms with Crippen molar-refractivity contribution >= 4 is 38.7 Å². The average molecular weight is 419 g/mol. The number of amides is 2. The van der Waals surface area contributed by atoms with Gasteiger partial charge in [0.05, 0.1) is 10.2 Å². The molecule has 154 valence electrons. The minimum atomic E-state index is -4.43. The number of anilines is 1. The summed E-state index contributed by atoms with van der Waals surface area (Å²) in [4.78, 5) is 29.3. The summed E-state index contributed by atoms with van der Waals surface area (Å²) >= 11 is 1.08. The van der Waals surface area contributed by atoms with Crippen LogP contribution in [-0.2, 0) is 9.53 Å². The molecular formula is C17H20F3N3O4S. The van der Waals surface area contributed by atoms with Gasteiger partial charge in [0, 0.05) is 7.05 Å². The number of rotatable bonds is 5. The van der Waals surface area contributed by atoms with E-state index in [0.717, 1.165) is 16.2 Å². The molecular weight excluding hydrogens is 399 g/mol. The van der Waals surface area contributed by atoms with Crippen LogP contribution in [-0.4, -0.2) is 53.9 Å². The first-order chi connectivity index (χ1) is 12.8. The number of likely N-dealkylation sites (N-methyl/N-ethyl adjacent to an activating group) is 1. The van der Waals surface area contributed by atoms with E-state index in [9.17, 15) is 22.8 Å². The number of alkyl halides is 3. The summed E-state index contributed by atoms with van der Waals surface area (Å²) in [6.45, 7) is 3.51. The summed E-state index contributed by atoms with van der Waals surface area (Å²) in [7, 11) is 1.43. The van der Waals surface area contributed by atoms with Gasteiger partial charge in [-0.3, -0.25) is 4.79 Å². The second-order valence-electron chi connectivity index (χ2n) is 6.94. The van der Waals surface area contributed by atoms with Gasteiger partial charge in [0.1, 0.15) is 17.9 Å². The van der Waals surface area contributed by atoms with Crippen LogP contribution in [0.3, 0.4) is 0 Å². The van der Waals surface area contributed by atoms with Crippen molar-refractivity contribution in [1.82, 2.24) is 9.88 Å². The molecule has 0 aliphatic heterocycles. The molecule has 28 heavy (non-hydrogen) atoms. The first-order valence-electron chi connectivity index (χ1n) is 8.16. The van der Waals surface area contributed by atoms with Crippen LogP contribution in [0.2, 0.25) is 0 Å². The predicted octanol–water partition coefficient (Wildman–Crippen LogP) is 4.04. The van der Waals surface area contributed by atoms with E-state index in [-0.39, 0.29) is 17.4 Å². The molecule has 0 radical (unpaired) electrons. The smallest absolute Gasteiger partial charge is 0.422 e. The van der Waals surface area contributed by atoms with E-state index in [1.807, 2.05) is 0 Å². The van der Waals surface area contributed by atoms with Gasteiger partial charge in [-0.25, -0.2) is 9.78 Å². The number of halogens is 3. The minimum Gasteiger partial charge on any atom is -0.484 e. The molecule has 0 unspecified atom stereocenters. The summed E-state index contributed by atoms with van der Waals surface area (Å²) in [5, 5.41) is 2.81. The van der Waals surface area contributed by atoms with E-state index >= 15 is 0 Å². The Hall–Kier alpha value is -2.56. The molecule has 0 atom stereocenters. The third-order valence-electron chi connectivity index (χ3n) is 3.09. The van der Waals surface area contributed by atoms with Crippen molar-refractivity contribution < 1.29 is 32.2 Å². The number of ether oxygens (including phenoxy) is 2. The molecule has 2 aromatic rings. The van der Waals surface area contributed by atoms with Gasteiger partial charge in [0.15, 0.2) is 11.7 Å². The van der Waals surface area contributed by atoms with Gasteiger partial charge in [0.25, 0.3) is 0 Å². The van der Waals surface area contributed by atoms with Crippen molar-refractivity contribution in [3.8, 4) is 5.75 Å². The zero-order chi connectivity index (χ0) is 21.1. The van der Waals surface area contributed by atoms with E-state index in [2.05, 4.69) is 10.3 Å². The highest BCUT2D eigenvalue weighted by Crippen LogP contribution is 2.30. The van der Waals surface area contributed by atoms with Crippen LogP contribution in [0, 0.1) is 0 Å². The maximum atomic E-state index is 12.2. The van der Waals surface area contributed by atoms with Gasteiger partial charge in [0.2, 0.25) is 5.91 Å². The number of hydrogen-bond acceptors (Lipinski definition) is 6. The van der Waals surface area contributed by atoms with Gasteiger partial charge in [-0.05, 0) is 39.0 Å². The van der Waals surface area contributed by atoms with Gasteiger partial charge in [-0.15, -0.1) is 0 Å². The molecule has 0 bridgehead atoms. The maximum absolute atomic E-state index is 12.2. The van der Waals surface area contributed by atoms with E-state index in [0.29, 0.717) is 10.2 Å². The van der Waals surface area contributed by atoms with Gasteiger partial charge < -0.3 is 19.7 Å². The molecule has 0 aliphatic carbocycles. The number of nitrogens with zero attached hydrogens (tertiary/aromatic N) is 2. The van der Waals surface area contributed by atoms with Crippen LogP contribution in [0.25, 0.3) is 10.2 Å². The Kier molecular flexibility index (Phi) is 6.37. The third-order valence-corrected chi connectivity index (χ3v) is 4.03. The molecule has 0 saturated heterocycles. The molecule has 1 N–H and O–H groups in total. The number of thiazole rings is 1. The lowest BCUT2D eigenvalue weighted by atomic mass is 10.2. The second kappa shape index (κ2) is 8.21. The topological polar surface area (TPSA) is 80.8 Å². The quantitative estimate of drug-likeness (QED) is 0.791. The Labute approximate surface area is 163 Å². The standard InChI is InChI=1S/C17H20F3N3O4S/c1-16(2,3)27-15(25)23(4)8-13(24)22-14-21-11-6-5-10(7-12(11)28-14)26-9-17(18,19)20/h5-7H,8-9H2,1-4H3,(H,21,22,24). The first kappa shape index (κ1) is 21.7. The average Bonchev–Trinajstić information content (AvgIpc) is 2.91. The summed E-state index contributed by atoms with van der Waals surface area (Å²) < 4.78 is 47.1. The number of aromatic nitrogens is 1. The zero-order valence-electron chi connectivity index (χ0n) is 15.7. The second-order valence-corrected chi connectivity index (χ2v) is 7.97. The van der Waals surface area contributed by atoms with E-state index < -0.39 is 30.4 Å². The molecule has 11 heteroatoms. The van der Waals surface area contributed by atoms with Crippen LogP contribution >= 0.6 is 11.3 Å². The SMILES string of the molecule is CN(CC(=O)Nc1nc2ccc(OCC(F)(F)F)cc2s1)C(=O)OC(C)(C)C. The normalized spacial score (nSPS) is 12.0. The number of fused-ring (bicyclic) bond motifs is 1. The molecule has 1 aromatic carbocycles. The molecule has 2 rings (SSSR count). The number of hydrogen-bond donors (Lipinski definition) is 1. The number of carbonyl (C=O) groups excluding carboxylic acids is 2. The molecule has 2 amide bonds. The van der Waals surface area contributed by atoms with Gasteiger partial charge in [-0.1, -0.05) is 11.3 Å². The van der Waals surface area contributed by atoms with E-state index in [1.165, 1.54) is 25.2 Å². The highest BCUT2D eigenvalue weighted by Gasteiger charge is 2.28. The Bertz CT molecular complexity index is 861. The fraction of sp³-hybridized carbons (Fsp3) is 0.471. The van der Waals surface area contributed by atoms with Crippen molar-refractivity contribution in [2.75, 3.05) is 25.5 Å². The predicted molar refractivity (Wildman–Crippen MR) is 98.7 cm³/mol. The zero-order valence-corrected chi connectivity index (χ0v) is 16.5. The van der Waals surface area contributed by atoms with E-state index in [1.54, 1.807) is 20.8 Å². The maximum Gasteiger partial charge on any atom is 0.422 e. The molecule has 7 nitrogen and oxygen atoms in total. The summed E-state index contributed by atoms with van der Waals surface area (Å²) in [6, 6.07) is 4.29. The fourth-order valence-electron chi connectivity index (χ4n) is 1.99. The van der Waals surface area contributed by atoms with Crippen LogP contribution in [0.5, 0.6) is 5.75 Å². The van der Waals surface area contributed by atoms with E-state index in [4.69, 9.17) is 9.47 Å². The Morgan fingerprint density at radius 1 is 1.25 bits per heavy atom. The van der Waals surface area contributed by atoms with Crippen molar-refractivity contribution in [3.63, 3.8) is 0 Å². The summed E-state index contributed by atoms with van der Waals surface area (Å²) in [6.07, 6.45) is -5.07. The lowest BCUT2D eigenvalue weighted by molar-refractivity contribution is -0.153. The third kappa shape index (κ3) is 6.87. The number of nitrogens with one attached hydrogen (secondary N) is 1. The van der Waals surface area contributed by atoms with Crippen LogP contribution in [0.1, 0.15) is 20.8 Å². The van der Waals surface area contributed by atoms with Crippen molar-refractivity contribution in [2.45, 2.75) is 32.5 Å². The van der Waals surface area contributed by atoms with Gasteiger partial charge >= 0.3 is 12.3 Å². The molecule has 1 heterocycles. The van der Waals surface area contributed by atoms with Crippen molar-refractivity contribution in [2.24, 2.45) is 0 Å². The minimum absolute atomic E-state index is 0.0519. The molecule has 0 fully saturated rings. The Morgan fingerprint density at radius 3 is 2.54 bits per heavy atom. The molecule has 0 spiro atoms. The molecule has 0 saturated carbocycles. The lowest BCUT2D eigenvalue weighted by Crippen LogP contribution is -2.38. The van der Waals surface area contributed by atoms with Crippen molar-refractivity contribution in [3.05, 3.63) is 18.2 Å². The highest BCUT2D eigenvalue weighted by molar-refractivity contribution is 7.22.